The molecule has 12 heavy (non-hydrogen) atoms. The van der Waals surface area contributed by atoms with Gasteiger partial charge in [0.15, 0.2) is 5.89 Å². The molecular weight excluding hydrogens is 150 g/mol. The maximum absolute atomic E-state index is 5.17. The Hall–Kier alpha value is -0.790. The molecule has 0 aromatic carbocycles. The molecule has 0 spiro atoms. The minimum absolute atomic E-state index is 0.698. The smallest absolute Gasteiger partial charge is 0.194 e. The summed E-state index contributed by atoms with van der Waals surface area (Å²) in [6, 6.07) is 0. The van der Waals surface area contributed by atoms with Gasteiger partial charge in [-0.2, -0.15) is 0 Å². The number of hydrogen-bond donors (Lipinski definition) is 0. The van der Waals surface area contributed by atoms with Crippen molar-refractivity contribution in [2.24, 2.45) is 5.92 Å². The monoisotopic (exact) mass is 167 g/mol. The van der Waals surface area contributed by atoms with E-state index in [2.05, 4.69) is 18.8 Å². The van der Waals surface area contributed by atoms with Gasteiger partial charge in [0.25, 0.3) is 0 Å². The predicted molar refractivity (Wildman–Crippen MR) is 48.9 cm³/mol. The molecule has 2 nitrogen and oxygen atoms in total. The van der Waals surface area contributed by atoms with Gasteiger partial charge in [0.2, 0.25) is 0 Å². The molecule has 2 heteroatoms. The molecule has 0 fully saturated rings. The highest BCUT2D eigenvalue weighted by Gasteiger charge is 2.05. The third kappa shape index (κ3) is 3.07. The van der Waals surface area contributed by atoms with E-state index in [4.69, 9.17) is 4.42 Å². The summed E-state index contributed by atoms with van der Waals surface area (Å²) < 4.78 is 5.17. The van der Waals surface area contributed by atoms with Crippen LogP contribution >= 0.6 is 0 Å². The highest BCUT2D eigenvalue weighted by molar-refractivity contribution is 4.81. The molecule has 0 aliphatic heterocycles. The van der Waals surface area contributed by atoms with E-state index in [0.717, 1.165) is 12.3 Å². The van der Waals surface area contributed by atoms with Gasteiger partial charge in [-0.05, 0) is 5.92 Å². The summed E-state index contributed by atoms with van der Waals surface area (Å²) in [4.78, 5) is 4.10. The van der Waals surface area contributed by atoms with Crippen molar-refractivity contribution in [2.75, 3.05) is 0 Å². The van der Waals surface area contributed by atoms with Gasteiger partial charge in [0, 0.05) is 6.42 Å². The van der Waals surface area contributed by atoms with Crippen LogP contribution in [0.15, 0.2) is 16.9 Å². The van der Waals surface area contributed by atoms with Crippen LogP contribution in [0.3, 0.4) is 0 Å². The van der Waals surface area contributed by atoms with Gasteiger partial charge in [-0.25, -0.2) is 4.98 Å². The van der Waals surface area contributed by atoms with Crippen molar-refractivity contribution in [3.05, 3.63) is 18.4 Å². The van der Waals surface area contributed by atoms with Crippen molar-refractivity contribution in [1.29, 1.82) is 0 Å². The van der Waals surface area contributed by atoms with Gasteiger partial charge in [0.1, 0.15) is 6.26 Å². The summed E-state index contributed by atoms with van der Waals surface area (Å²) in [6.07, 6.45) is 8.19. The number of unbranched alkanes of at least 4 members (excludes halogenated alkanes) is 1. The average molecular weight is 167 g/mol. The number of rotatable bonds is 5. The van der Waals surface area contributed by atoms with E-state index in [1.807, 2.05) is 0 Å². The van der Waals surface area contributed by atoms with Crippen LogP contribution in [0.1, 0.15) is 39.0 Å². The third-order valence-electron chi connectivity index (χ3n) is 2.06. The van der Waals surface area contributed by atoms with E-state index in [-0.39, 0.29) is 0 Å². The molecule has 68 valence electrons. The van der Waals surface area contributed by atoms with Crippen LogP contribution < -0.4 is 0 Å². The normalized spacial score (nSPS) is 13.2. The number of hydrogen-bond acceptors (Lipinski definition) is 2. The van der Waals surface area contributed by atoms with Gasteiger partial charge in [-0.3, -0.25) is 0 Å². The molecule has 1 aromatic rings. The van der Waals surface area contributed by atoms with Gasteiger partial charge >= 0.3 is 0 Å². The van der Waals surface area contributed by atoms with Gasteiger partial charge < -0.3 is 4.42 Å². The second-order valence-corrected chi connectivity index (χ2v) is 3.38. The second-order valence-electron chi connectivity index (χ2n) is 3.38. The first-order valence-electron chi connectivity index (χ1n) is 4.71. The number of oxazole rings is 1. The Morgan fingerprint density at radius 2 is 2.42 bits per heavy atom. The van der Waals surface area contributed by atoms with Crippen molar-refractivity contribution in [3.63, 3.8) is 0 Å². The molecule has 1 atom stereocenters. The maximum Gasteiger partial charge on any atom is 0.194 e. The molecule has 0 aliphatic carbocycles. The molecule has 0 N–H and O–H groups in total. The van der Waals surface area contributed by atoms with E-state index in [1.54, 1.807) is 12.5 Å². The summed E-state index contributed by atoms with van der Waals surface area (Å²) in [5.74, 6) is 1.57. The van der Waals surface area contributed by atoms with E-state index >= 15 is 0 Å². The first-order valence-corrected chi connectivity index (χ1v) is 4.71. The number of nitrogens with zero attached hydrogens (tertiary/aromatic N) is 1. The summed E-state index contributed by atoms with van der Waals surface area (Å²) in [7, 11) is 0. The zero-order chi connectivity index (χ0) is 8.81. The molecule has 0 bridgehead atoms. The topological polar surface area (TPSA) is 26.0 Å². The Labute approximate surface area is 74.0 Å². The lowest BCUT2D eigenvalue weighted by molar-refractivity contribution is 0.420. The third-order valence-corrected chi connectivity index (χ3v) is 2.06. The lowest BCUT2D eigenvalue weighted by atomic mass is 10.0. The molecule has 0 radical (unpaired) electrons. The Morgan fingerprint density at radius 3 is 3.00 bits per heavy atom. The number of aromatic nitrogens is 1. The van der Waals surface area contributed by atoms with E-state index in [1.165, 1.54) is 19.3 Å². The van der Waals surface area contributed by atoms with Crippen molar-refractivity contribution in [2.45, 2.75) is 39.5 Å². The lowest BCUT2D eigenvalue weighted by Crippen LogP contribution is -1.99. The van der Waals surface area contributed by atoms with Crippen molar-refractivity contribution < 1.29 is 4.42 Å². The fourth-order valence-corrected chi connectivity index (χ4v) is 1.31. The maximum atomic E-state index is 5.17. The van der Waals surface area contributed by atoms with Crippen LogP contribution in [-0.4, -0.2) is 4.98 Å². The summed E-state index contributed by atoms with van der Waals surface area (Å²) in [5.41, 5.74) is 0. The van der Waals surface area contributed by atoms with Crippen LogP contribution in [0.5, 0.6) is 0 Å². The van der Waals surface area contributed by atoms with Gasteiger partial charge in [0.05, 0.1) is 6.20 Å². The Morgan fingerprint density at radius 1 is 1.58 bits per heavy atom. The molecule has 1 heterocycles. The van der Waals surface area contributed by atoms with Crippen LogP contribution in [0.4, 0.5) is 0 Å². The van der Waals surface area contributed by atoms with Gasteiger partial charge in [-0.15, -0.1) is 0 Å². The summed E-state index contributed by atoms with van der Waals surface area (Å²) in [5, 5.41) is 0. The first-order chi connectivity index (χ1) is 5.83. The molecule has 0 saturated heterocycles. The van der Waals surface area contributed by atoms with Crippen molar-refractivity contribution >= 4 is 0 Å². The van der Waals surface area contributed by atoms with Gasteiger partial charge in [-0.1, -0.05) is 33.1 Å². The Kier molecular flexibility index (Phi) is 3.85. The predicted octanol–water partition coefficient (Wildman–Crippen LogP) is 3.04. The van der Waals surface area contributed by atoms with E-state index in [0.29, 0.717) is 5.92 Å². The largest absolute Gasteiger partial charge is 0.449 e. The zero-order valence-electron chi connectivity index (χ0n) is 7.92. The Bertz CT molecular complexity index is 194. The van der Waals surface area contributed by atoms with E-state index in [9.17, 15) is 0 Å². The minimum atomic E-state index is 0.698. The Balaban J connectivity index is 2.22. The van der Waals surface area contributed by atoms with Crippen LogP contribution in [-0.2, 0) is 6.42 Å². The SMILES string of the molecule is CCCCC(C)Cc1ncco1. The molecular formula is C10H17NO. The molecule has 1 unspecified atom stereocenters. The van der Waals surface area contributed by atoms with Crippen molar-refractivity contribution in [1.82, 2.24) is 4.98 Å². The highest BCUT2D eigenvalue weighted by Crippen LogP contribution is 2.12. The molecule has 0 saturated carbocycles. The zero-order valence-corrected chi connectivity index (χ0v) is 7.92. The highest BCUT2D eigenvalue weighted by atomic mass is 16.3. The molecule has 1 rings (SSSR count). The second kappa shape index (κ2) is 4.96. The molecule has 0 amide bonds. The molecule has 0 aliphatic rings. The fourth-order valence-electron chi connectivity index (χ4n) is 1.31. The standard InChI is InChI=1S/C10H17NO/c1-3-4-5-9(2)8-10-11-6-7-12-10/h6-7,9H,3-5,8H2,1-2H3. The summed E-state index contributed by atoms with van der Waals surface area (Å²) >= 11 is 0. The van der Waals surface area contributed by atoms with Crippen LogP contribution in [0.2, 0.25) is 0 Å². The van der Waals surface area contributed by atoms with Crippen molar-refractivity contribution in [3.8, 4) is 0 Å². The van der Waals surface area contributed by atoms with Crippen LogP contribution in [0, 0.1) is 5.92 Å². The van der Waals surface area contributed by atoms with Crippen LogP contribution in [0.25, 0.3) is 0 Å². The fraction of sp³-hybridized carbons (Fsp3) is 0.700. The lowest BCUT2D eigenvalue weighted by Gasteiger charge is -2.06. The van der Waals surface area contributed by atoms with E-state index < -0.39 is 0 Å². The quantitative estimate of drug-likeness (QED) is 0.673. The first kappa shape index (κ1) is 9.30. The average Bonchev–Trinajstić information content (AvgIpc) is 2.53. The molecule has 1 aromatic heterocycles. The summed E-state index contributed by atoms with van der Waals surface area (Å²) in [6.45, 7) is 4.47. The minimum Gasteiger partial charge on any atom is -0.449 e.